The fourth-order valence-electron chi connectivity index (χ4n) is 1.90. The number of aliphatic carboxylic acids is 2. The largest absolute Gasteiger partial charge is 0.481 e. The lowest BCUT2D eigenvalue weighted by Crippen LogP contribution is -2.23. The number of rotatable bonds is 8. The van der Waals surface area contributed by atoms with Gasteiger partial charge in [-0.15, -0.1) is 0 Å². The lowest BCUT2D eigenvalue weighted by atomic mass is 9.97. The summed E-state index contributed by atoms with van der Waals surface area (Å²) >= 11 is 0. The van der Waals surface area contributed by atoms with Gasteiger partial charge in [0.25, 0.3) is 0 Å². The minimum Gasteiger partial charge on any atom is -0.481 e. The van der Waals surface area contributed by atoms with Crippen LogP contribution >= 0.6 is 0 Å². The van der Waals surface area contributed by atoms with Gasteiger partial charge in [0.15, 0.2) is 0 Å². The molecule has 0 aromatic carbocycles. The Labute approximate surface area is 112 Å². The molecule has 5 nitrogen and oxygen atoms in total. The van der Waals surface area contributed by atoms with Crippen molar-refractivity contribution in [3.05, 3.63) is 36.2 Å². The second-order valence-corrected chi connectivity index (χ2v) is 4.39. The van der Waals surface area contributed by atoms with E-state index in [0.29, 0.717) is 25.0 Å². The molecule has 0 bridgehead atoms. The first kappa shape index (κ1) is 15.0. The molecule has 5 heteroatoms. The molecule has 0 fully saturated rings. The molecule has 0 radical (unpaired) electrons. The predicted molar refractivity (Wildman–Crippen MR) is 71.3 cm³/mol. The van der Waals surface area contributed by atoms with E-state index >= 15 is 0 Å². The average molecular weight is 265 g/mol. The zero-order valence-electron chi connectivity index (χ0n) is 10.7. The monoisotopic (exact) mass is 265 g/mol. The summed E-state index contributed by atoms with van der Waals surface area (Å²) in [6.45, 7) is 0. The zero-order chi connectivity index (χ0) is 14.1. The second kappa shape index (κ2) is 8.13. The first-order valence-corrected chi connectivity index (χ1v) is 6.36. The van der Waals surface area contributed by atoms with Gasteiger partial charge in [-0.25, -0.2) is 0 Å². The van der Waals surface area contributed by atoms with Crippen molar-refractivity contribution in [1.29, 1.82) is 0 Å². The molecule has 19 heavy (non-hydrogen) atoms. The van der Waals surface area contributed by atoms with Gasteiger partial charge in [0.1, 0.15) is 0 Å². The maximum Gasteiger partial charge on any atom is 0.312 e. The van der Waals surface area contributed by atoms with E-state index in [1.165, 1.54) is 0 Å². The van der Waals surface area contributed by atoms with Crippen LogP contribution in [0.4, 0.5) is 0 Å². The smallest absolute Gasteiger partial charge is 0.312 e. The molecule has 1 aliphatic rings. The van der Waals surface area contributed by atoms with Gasteiger partial charge < -0.3 is 15.5 Å². The highest BCUT2D eigenvalue weighted by Gasteiger charge is 2.21. The third-order valence-electron chi connectivity index (χ3n) is 2.90. The van der Waals surface area contributed by atoms with Gasteiger partial charge in [-0.3, -0.25) is 9.59 Å². The van der Waals surface area contributed by atoms with Crippen molar-refractivity contribution in [3.8, 4) is 0 Å². The number of carbonyl (C=O) groups is 2. The molecule has 0 amide bonds. The summed E-state index contributed by atoms with van der Waals surface area (Å²) in [7, 11) is 0. The minimum absolute atomic E-state index is 0.143. The highest BCUT2D eigenvalue weighted by molar-refractivity contribution is 5.73. The van der Waals surface area contributed by atoms with Crippen molar-refractivity contribution in [2.75, 3.05) is 0 Å². The van der Waals surface area contributed by atoms with Crippen molar-refractivity contribution in [1.82, 2.24) is 5.32 Å². The summed E-state index contributed by atoms with van der Waals surface area (Å²) in [4.78, 5) is 21.6. The molecular weight excluding hydrogens is 246 g/mol. The molecule has 1 unspecified atom stereocenters. The molecule has 0 aliphatic carbocycles. The number of allylic oxidation sites excluding steroid dienone is 4. The summed E-state index contributed by atoms with van der Waals surface area (Å²) < 4.78 is 0. The molecule has 0 saturated heterocycles. The van der Waals surface area contributed by atoms with Gasteiger partial charge in [-0.2, -0.15) is 0 Å². The molecule has 0 spiro atoms. The summed E-state index contributed by atoms with van der Waals surface area (Å²) in [5, 5.41) is 20.7. The standard InChI is InChI=1S/C14H19NO4/c16-13(17)9-5-1-3-7-11(14(18)19)12-8-4-2-6-10-15-12/h2,4,6,8,10-11,15H,1,3,5,7,9H2,(H,16,17)(H,18,19). The third kappa shape index (κ3) is 5.90. The van der Waals surface area contributed by atoms with Crippen LogP contribution in [0.15, 0.2) is 36.2 Å². The molecule has 1 heterocycles. The fraction of sp³-hybridized carbons (Fsp3) is 0.429. The van der Waals surface area contributed by atoms with Crippen molar-refractivity contribution in [2.24, 2.45) is 5.92 Å². The Morgan fingerprint density at radius 2 is 1.89 bits per heavy atom. The molecule has 0 aromatic rings. The van der Waals surface area contributed by atoms with Gasteiger partial charge in [0.05, 0.1) is 5.92 Å². The molecule has 1 atom stereocenters. The number of hydrogen-bond acceptors (Lipinski definition) is 3. The van der Waals surface area contributed by atoms with E-state index in [-0.39, 0.29) is 6.42 Å². The van der Waals surface area contributed by atoms with E-state index in [1.54, 1.807) is 24.4 Å². The Morgan fingerprint density at radius 1 is 1.11 bits per heavy atom. The van der Waals surface area contributed by atoms with E-state index < -0.39 is 17.9 Å². The van der Waals surface area contributed by atoms with E-state index in [4.69, 9.17) is 5.11 Å². The lowest BCUT2D eigenvalue weighted by Gasteiger charge is -2.15. The van der Waals surface area contributed by atoms with Crippen LogP contribution in [-0.4, -0.2) is 22.2 Å². The predicted octanol–water partition coefficient (Wildman–Crippen LogP) is 2.28. The molecule has 3 N–H and O–H groups in total. The minimum atomic E-state index is -0.860. The maximum absolute atomic E-state index is 11.3. The normalized spacial score (nSPS) is 15.3. The van der Waals surface area contributed by atoms with Crippen molar-refractivity contribution < 1.29 is 19.8 Å². The van der Waals surface area contributed by atoms with E-state index in [1.807, 2.05) is 6.08 Å². The summed E-state index contributed by atoms with van der Waals surface area (Å²) in [6.07, 6.45) is 11.6. The summed E-state index contributed by atoms with van der Waals surface area (Å²) in [5.74, 6) is -2.24. The number of carboxylic acid groups (broad SMARTS) is 2. The maximum atomic E-state index is 11.3. The second-order valence-electron chi connectivity index (χ2n) is 4.39. The Bertz CT molecular complexity index is 410. The molecule has 0 aromatic heterocycles. The van der Waals surface area contributed by atoms with Crippen molar-refractivity contribution >= 4 is 11.9 Å². The van der Waals surface area contributed by atoms with Crippen LogP contribution in [0.2, 0.25) is 0 Å². The van der Waals surface area contributed by atoms with Gasteiger partial charge in [0, 0.05) is 18.3 Å². The molecule has 1 rings (SSSR count). The van der Waals surface area contributed by atoms with E-state index in [0.717, 1.165) is 6.42 Å². The summed E-state index contributed by atoms with van der Waals surface area (Å²) in [6, 6.07) is 0. The molecular formula is C14H19NO4. The van der Waals surface area contributed by atoms with Gasteiger partial charge in [-0.05, 0) is 25.0 Å². The average Bonchev–Trinajstić information content (AvgIpc) is 2.61. The highest BCUT2D eigenvalue weighted by atomic mass is 16.4. The first-order chi connectivity index (χ1) is 9.11. The number of carboxylic acids is 2. The number of nitrogens with one attached hydrogen (secondary N) is 1. The van der Waals surface area contributed by atoms with Crippen LogP contribution in [0.5, 0.6) is 0 Å². The topological polar surface area (TPSA) is 86.6 Å². The number of unbranched alkanes of at least 4 members (excludes halogenated alkanes) is 2. The van der Waals surface area contributed by atoms with Gasteiger partial charge in [-0.1, -0.05) is 25.0 Å². The quantitative estimate of drug-likeness (QED) is 0.586. The van der Waals surface area contributed by atoms with Gasteiger partial charge in [0.2, 0.25) is 0 Å². The van der Waals surface area contributed by atoms with E-state index in [9.17, 15) is 14.7 Å². The van der Waals surface area contributed by atoms with Crippen LogP contribution in [0.1, 0.15) is 32.1 Å². The van der Waals surface area contributed by atoms with Crippen LogP contribution < -0.4 is 5.32 Å². The SMILES string of the molecule is O=C(O)CCCCCC(C(=O)O)C1=CC=CC=CN1. The first-order valence-electron chi connectivity index (χ1n) is 6.36. The van der Waals surface area contributed by atoms with Crippen molar-refractivity contribution in [3.63, 3.8) is 0 Å². The van der Waals surface area contributed by atoms with Crippen LogP contribution in [0, 0.1) is 5.92 Å². The van der Waals surface area contributed by atoms with Crippen LogP contribution in [-0.2, 0) is 9.59 Å². The number of hydrogen-bond donors (Lipinski definition) is 3. The molecule has 104 valence electrons. The summed E-state index contributed by atoms with van der Waals surface area (Å²) in [5.41, 5.74) is 0.663. The highest BCUT2D eigenvalue weighted by Crippen LogP contribution is 2.19. The Kier molecular flexibility index (Phi) is 6.43. The Balaban J connectivity index is 2.43. The zero-order valence-corrected chi connectivity index (χ0v) is 10.7. The van der Waals surface area contributed by atoms with Crippen LogP contribution in [0.3, 0.4) is 0 Å². The van der Waals surface area contributed by atoms with Crippen molar-refractivity contribution in [2.45, 2.75) is 32.1 Å². The Hall–Kier alpha value is -2.04. The lowest BCUT2D eigenvalue weighted by molar-refractivity contribution is -0.141. The molecule has 1 aliphatic heterocycles. The van der Waals surface area contributed by atoms with E-state index in [2.05, 4.69) is 5.32 Å². The molecule has 0 saturated carbocycles. The third-order valence-corrected chi connectivity index (χ3v) is 2.90. The van der Waals surface area contributed by atoms with Crippen LogP contribution in [0.25, 0.3) is 0 Å². The van der Waals surface area contributed by atoms with Gasteiger partial charge >= 0.3 is 11.9 Å². The fourth-order valence-corrected chi connectivity index (χ4v) is 1.90. The Morgan fingerprint density at radius 3 is 2.58 bits per heavy atom.